The van der Waals surface area contributed by atoms with Gasteiger partial charge in [0.2, 0.25) is 0 Å². The van der Waals surface area contributed by atoms with Crippen LogP contribution < -0.4 is 0 Å². The van der Waals surface area contributed by atoms with Crippen LogP contribution in [0.1, 0.15) is 24.8 Å². The van der Waals surface area contributed by atoms with Crippen LogP contribution in [0.4, 0.5) is 0 Å². The van der Waals surface area contributed by atoms with Crippen LogP contribution in [-0.4, -0.2) is 0 Å². The highest BCUT2D eigenvalue weighted by Gasteiger charge is 2.36. The molecule has 1 aliphatic carbocycles. The molecular formula is C12H12ClN. The van der Waals surface area contributed by atoms with E-state index in [4.69, 9.17) is 16.9 Å². The van der Waals surface area contributed by atoms with Crippen molar-refractivity contribution >= 4 is 11.6 Å². The quantitative estimate of drug-likeness (QED) is 0.724. The Bertz CT molecular complexity index is 357. The summed E-state index contributed by atoms with van der Waals surface area (Å²) < 4.78 is 0. The van der Waals surface area contributed by atoms with Crippen molar-refractivity contribution < 1.29 is 0 Å². The normalized spacial score (nSPS) is 18.3. The second-order valence-electron chi connectivity index (χ2n) is 4.05. The van der Waals surface area contributed by atoms with E-state index in [1.54, 1.807) is 0 Å². The number of nitriles is 1. The molecule has 72 valence electrons. The Morgan fingerprint density at radius 1 is 1.29 bits per heavy atom. The van der Waals surface area contributed by atoms with Crippen LogP contribution >= 0.6 is 11.6 Å². The van der Waals surface area contributed by atoms with Crippen molar-refractivity contribution in [1.82, 2.24) is 0 Å². The fourth-order valence-corrected chi connectivity index (χ4v) is 2.05. The van der Waals surface area contributed by atoms with Crippen LogP contribution in [0.2, 0.25) is 5.02 Å². The highest BCUT2D eigenvalue weighted by Crippen LogP contribution is 2.42. The molecule has 0 bridgehead atoms. The van der Waals surface area contributed by atoms with Crippen LogP contribution in [-0.2, 0) is 6.42 Å². The first-order valence-electron chi connectivity index (χ1n) is 4.90. The number of hydrogen-bond donors (Lipinski definition) is 0. The summed E-state index contributed by atoms with van der Waals surface area (Å²) in [6.07, 6.45) is 4.17. The Balaban J connectivity index is 2.11. The van der Waals surface area contributed by atoms with Gasteiger partial charge >= 0.3 is 0 Å². The van der Waals surface area contributed by atoms with Gasteiger partial charge < -0.3 is 0 Å². The van der Waals surface area contributed by atoms with E-state index in [-0.39, 0.29) is 5.41 Å². The largest absolute Gasteiger partial charge is 0.198 e. The first-order valence-corrected chi connectivity index (χ1v) is 5.28. The summed E-state index contributed by atoms with van der Waals surface area (Å²) in [6.45, 7) is 0. The minimum absolute atomic E-state index is 0.0756. The molecule has 2 rings (SSSR count). The van der Waals surface area contributed by atoms with E-state index in [9.17, 15) is 0 Å². The monoisotopic (exact) mass is 205 g/mol. The van der Waals surface area contributed by atoms with Crippen LogP contribution in [0.25, 0.3) is 0 Å². The van der Waals surface area contributed by atoms with Gasteiger partial charge in [0, 0.05) is 5.02 Å². The lowest BCUT2D eigenvalue weighted by molar-refractivity contribution is 0.214. The summed E-state index contributed by atoms with van der Waals surface area (Å²) in [6, 6.07) is 10.3. The predicted molar refractivity (Wildman–Crippen MR) is 57.1 cm³/mol. The Kier molecular flexibility index (Phi) is 2.48. The lowest BCUT2D eigenvalue weighted by Gasteiger charge is -2.35. The van der Waals surface area contributed by atoms with Crippen LogP contribution in [0.5, 0.6) is 0 Å². The first-order chi connectivity index (χ1) is 6.74. The standard InChI is InChI=1S/C12H12ClN/c13-11-4-2-10(3-5-11)8-12(9-14)6-1-7-12/h2-5H,1,6-8H2. The molecule has 0 atom stereocenters. The van der Waals surface area contributed by atoms with Gasteiger partial charge in [-0.05, 0) is 37.0 Å². The third kappa shape index (κ3) is 1.76. The Morgan fingerprint density at radius 2 is 1.93 bits per heavy atom. The molecule has 0 heterocycles. The fourth-order valence-electron chi connectivity index (χ4n) is 1.92. The van der Waals surface area contributed by atoms with Gasteiger partial charge in [0.25, 0.3) is 0 Å². The van der Waals surface area contributed by atoms with Crippen LogP contribution in [0.3, 0.4) is 0 Å². The van der Waals surface area contributed by atoms with E-state index in [2.05, 4.69) is 6.07 Å². The number of nitrogens with zero attached hydrogens (tertiary/aromatic N) is 1. The lowest BCUT2D eigenvalue weighted by Crippen LogP contribution is -2.29. The molecule has 0 spiro atoms. The summed E-state index contributed by atoms with van der Waals surface area (Å²) in [5.74, 6) is 0. The van der Waals surface area contributed by atoms with Gasteiger partial charge in [0.05, 0.1) is 11.5 Å². The number of hydrogen-bond acceptors (Lipinski definition) is 1. The maximum absolute atomic E-state index is 9.08. The molecule has 0 unspecified atom stereocenters. The molecule has 2 heteroatoms. The van der Waals surface area contributed by atoms with Gasteiger partial charge in [-0.25, -0.2) is 0 Å². The zero-order chi connectivity index (χ0) is 10.0. The molecule has 1 aromatic rings. The van der Waals surface area contributed by atoms with E-state index >= 15 is 0 Å². The molecule has 0 saturated heterocycles. The molecule has 1 nitrogen and oxygen atoms in total. The molecule has 1 aromatic carbocycles. The second kappa shape index (κ2) is 3.63. The van der Waals surface area contributed by atoms with Gasteiger partial charge in [0.15, 0.2) is 0 Å². The first kappa shape index (κ1) is 9.55. The van der Waals surface area contributed by atoms with Gasteiger partial charge in [-0.1, -0.05) is 30.2 Å². The van der Waals surface area contributed by atoms with Crippen LogP contribution in [0, 0.1) is 16.7 Å². The van der Waals surface area contributed by atoms with Gasteiger partial charge in [-0.15, -0.1) is 0 Å². The Labute approximate surface area is 89.3 Å². The zero-order valence-corrected chi connectivity index (χ0v) is 8.72. The fraction of sp³-hybridized carbons (Fsp3) is 0.417. The van der Waals surface area contributed by atoms with E-state index in [0.29, 0.717) is 0 Å². The van der Waals surface area contributed by atoms with Gasteiger partial charge in [-0.2, -0.15) is 5.26 Å². The van der Waals surface area contributed by atoms with Crippen molar-refractivity contribution in [2.24, 2.45) is 5.41 Å². The summed E-state index contributed by atoms with van der Waals surface area (Å²) in [5, 5.41) is 9.83. The maximum Gasteiger partial charge on any atom is 0.0693 e. The summed E-state index contributed by atoms with van der Waals surface area (Å²) in [4.78, 5) is 0. The minimum atomic E-state index is -0.0756. The third-order valence-corrected chi connectivity index (χ3v) is 3.26. The third-order valence-electron chi connectivity index (χ3n) is 3.00. The molecule has 0 N–H and O–H groups in total. The van der Waals surface area contributed by atoms with Crippen molar-refractivity contribution in [3.8, 4) is 6.07 Å². The maximum atomic E-state index is 9.08. The van der Waals surface area contributed by atoms with E-state index in [1.807, 2.05) is 24.3 Å². The number of rotatable bonds is 2. The minimum Gasteiger partial charge on any atom is -0.198 e. The van der Waals surface area contributed by atoms with E-state index < -0.39 is 0 Å². The van der Waals surface area contributed by atoms with Gasteiger partial charge in [0.1, 0.15) is 0 Å². The molecule has 1 fully saturated rings. The van der Waals surface area contributed by atoms with E-state index in [1.165, 1.54) is 12.0 Å². The van der Waals surface area contributed by atoms with Crippen molar-refractivity contribution in [1.29, 1.82) is 5.26 Å². The predicted octanol–water partition coefficient (Wildman–Crippen LogP) is 3.58. The average molecular weight is 206 g/mol. The molecule has 14 heavy (non-hydrogen) atoms. The summed E-state index contributed by atoms with van der Waals surface area (Å²) >= 11 is 5.80. The van der Waals surface area contributed by atoms with Gasteiger partial charge in [-0.3, -0.25) is 0 Å². The van der Waals surface area contributed by atoms with Crippen molar-refractivity contribution in [2.45, 2.75) is 25.7 Å². The number of halogens is 1. The SMILES string of the molecule is N#CC1(Cc2ccc(Cl)cc2)CCC1. The Morgan fingerprint density at radius 3 is 2.36 bits per heavy atom. The lowest BCUT2D eigenvalue weighted by atomic mass is 9.66. The van der Waals surface area contributed by atoms with Crippen molar-refractivity contribution in [3.63, 3.8) is 0 Å². The molecule has 0 aromatic heterocycles. The molecule has 1 saturated carbocycles. The number of benzene rings is 1. The molecule has 1 aliphatic rings. The second-order valence-corrected chi connectivity index (χ2v) is 4.49. The van der Waals surface area contributed by atoms with E-state index in [0.717, 1.165) is 24.3 Å². The highest BCUT2D eigenvalue weighted by atomic mass is 35.5. The Hall–Kier alpha value is -1.00. The molecule has 0 aliphatic heterocycles. The smallest absolute Gasteiger partial charge is 0.0693 e. The van der Waals surface area contributed by atoms with Crippen molar-refractivity contribution in [2.75, 3.05) is 0 Å². The summed E-state index contributed by atoms with van der Waals surface area (Å²) in [7, 11) is 0. The molecule has 0 amide bonds. The molecule has 0 radical (unpaired) electrons. The summed E-state index contributed by atoms with van der Waals surface area (Å²) in [5.41, 5.74) is 1.14. The topological polar surface area (TPSA) is 23.8 Å². The van der Waals surface area contributed by atoms with Crippen LogP contribution in [0.15, 0.2) is 24.3 Å². The van der Waals surface area contributed by atoms with Crippen molar-refractivity contribution in [3.05, 3.63) is 34.9 Å². The highest BCUT2D eigenvalue weighted by molar-refractivity contribution is 6.30. The average Bonchev–Trinajstić information content (AvgIpc) is 2.15. The molecular weight excluding hydrogens is 194 g/mol. The zero-order valence-electron chi connectivity index (χ0n) is 7.96.